The van der Waals surface area contributed by atoms with E-state index in [0.29, 0.717) is 0 Å². The van der Waals surface area contributed by atoms with Gasteiger partial charge in [-0.05, 0) is 174 Å². The van der Waals surface area contributed by atoms with Gasteiger partial charge in [0.05, 0.1) is 10.7 Å². The van der Waals surface area contributed by atoms with Crippen LogP contribution in [0.1, 0.15) is 162 Å². The summed E-state index contributed by atoms with van der Waals surface area (Å²) in [4.78, 5) is 5.47. The Bertz CT molecular complexity index is 3180. The molecule has 6 aromatic carbocycles. The maximum absolute atomic E-state index is 2.77. The highest BCUT2D eigenvalue weighted by Gasteiger charge is 2.50. The fourth-order valence-corrected chi connectivity index (χ4v) is 13.9. The monoisotopic (exact) mass is 899 g/mol. The smallest absolute Gasteiger partial charge is 0.254 e. The molecule has 342 valence electrons. The molecule has 2 nitrogen and oxygen atoms in total. The Labute approximate surface area is 406 Å². The average molecular weight is 899 g/mol. The van der Waals surface area contributed by atoms with E-state index in [9.17, 15) is 0 Å². The second-order valence-electron chi connectivity index (χ2n) is 25.6. The quantitative estimate of drug-likeness (QED) is 0.163. The van der Waals surface area contributed by atoms with E-state index in [1.54, 1.807) is 0 Å². The van der Waals surface area contributed by atoms with Crippen molar-refractivity contribution >= 4 is 78.0 Å². The van der Waals surface area contributed by atoms with Gasteiger partial charge in [0.2, 0.25) is 0 Å². The molecule has 67 heavy (non-hydrogen) atoms. The summed E-state index contributed by atoms with van der Waals surface area (Å²) >= 11 is 1.98. The highest BCUT2D eigenvalue weighted by atomic mass is 32.1. The lowest BCUT2D eigenvalue weighted by atomic mass is 9.33. The summed E-state index contributed by atoms with van der Waals surface area (Å²) in [6, 6.07) is 43.7. The van der Waals surface area contributed by atoms with Gasteiger partial charge in [-0.3, -0.25) is 0 Å². The van der Waals surface area contributed by atoms with E-state index >= 15 is 0 Å². The van der Waals surface area contributed by atoms with E-state index in [1.807, 2.05) is 11.3 Å². The normalized spacial score (nSPS) is 18.5. The molecule has 11 rings (SSSR count). The number of fused-ring (bicyclic) bond motifs is 9. The predicted octanol–water partition coefficient (Wildman–Crippen LogP) is 16.3. The molecule has 1 aromatic heterocycles. The molecule has 0 N–H and O–H groups in total. The molecule has 3 heterocycles. The van der Waals surface area contributed by atoms with Gasteiger partial charge in [0.25, 0.3) is 6.71 Å². The molecule has 0 unspecified atom stereocenters. The van der Waals surface area contributed by atoms with E-state index in [-0.39, 0.29) is 39.2 Å². The zero-order valence-electron chi connectivity index (χ0n) is 43.1. The maximum Gasteiger partial charge on any atom is 0.254 e. The Kier molecular flexibility index (Phi) is 9.61. The van der Waals surface area contributed by atoms with Crippen molar-refractivity contribution in [2.45, 2.75) is 162 Å². The van der Waals surface area contributed by atoms with Gasteiger partial charge >= 0.3 is 0 Å². The van der Waals surface area contributed by atoms with Crippen LogP contribution in [0.15, 0.2) is 109 Å². The minimum atomic E-state index is -0.0207. The van der Waals surface area contributed by atoms with Crippen LogP contribution in [0, 0.1) is 6.92 Å². The van der Waals surface area contributed by atoms with Gasteiger partial charge in [0, 0.05) is 33.0 Å². The summed E-state index contributed by atoms with van der Waals surface area (Å²) < 4.78 is 1.35. The first-order valence-corrected chi connectivity index (χ1v) is 26.0. The molecule has 0 spiro atoms. The Hall–Kier alpha value is -5.06. The first-order chi connectivity index (χ1) is 31.4. The summed E-state index contributed by atoms with van der Waals surface area (Å²) in [6.07, 6.45) is 4.72. The summed E-state index contributed by atoms with van der Waals surface area (Å²) in [6.45, 7) is 36.4. The van der Waals surface area contributed by atoms with Gasteiger partial charge in [0.15, 0.2) is 0 Å². The standard InChI is InChI=1S/C63H71BN2S/c1-38-33-50-55-51(34-38)66(49-27-21-40(58(2,3)4)35-43(49)39-19-17-16-18-20-39)57-54(44-36-41(59(5,6)7)22-28-52(44)67-57)64(55)48-26-25-46-53(63(14,15)32-31-61(46,10)11)56(48)65(50)42-23-24-45-47(37-42)62(12,13)30-29-60(45,8)9/h16-28,33-37H,29-32H2,1-15H3. The van der Waals surface area contributed by atoms with Crippen molar-refractivity contribution in [1.82, 2.24) is 0 Å². The van der Waals surface area contributed by atoms with Crippen molar-refractivity contribution < 1.29 is 0 Å². The van der Waals surface area contributed by atoms with Crippen LogP contribution in [0.5, 0.6) is 0 Å². The molecule has 2 aliphatic heterocycles. The molecular formula is C63H71BN2S. The number of rotatable bonds is 3. The number of hydrogen-bond acceptors (Lipinski definition) is 3. The van der Waals surface area contributed by atoms with Crippen molar-refractivity contribution in [2.24, 2.45) is 0 Å². The summed E-state index contributed by atoms with van der Waals surface area (Å²) in [5.41, 5.74) is 23.7. The van der Waals surface area contributed by atoms with Crippen LogP contribution in [0.2, 0.25) is 0 Å². The predicted molar refractivity (Wildman–Crippen MR) is 294 cm³/mol. The number of benzene rings is 6. The molecule has 0 radical (unpaired) electrons. The van der Waals surface area contributed by atoms with Gasteiger partial charge in [-0.25, -0.2) is 0 Å². The minimum Gasteiger partial charge on any atom is -0.311 e. The zero-order valence-corrected chi connectivity index (χ0v) is 43.9. The topological polar surface area (TPSA) is 6.48 Å². The minimum absolute atomic E-state index is 0.00551. The molecule has 7 aromatic rings. The Balaban J connectivity index is 1.30. The Morgan fingerprint density at radius 1 is 0.522 bits per heavy atom. The highest BCUT2D eigenvalue weighted by molar-refractivity contribution is 7.26. The largest absolute Gasteiger partial charge is 0.311 e. The first-order valence-electron chi connectivity index (χ1n) is 25.2. The van der Waals surface area contributed by atoms with Crippen molar-refractivity contribution in [3.8, 4) is 11.1 Å². The zero-order chi connectivity index (χ0) is 47.5. The molecule has 0 bridgehead atoms. The number of nitrogens with zero attached hydrogens (tertiary/aromatic N) is 2. The third-order valence-corrected chi connectivity index (χ3v) is 18.1. The summed E-state index contributed by atoms with van der Waals surface area (Å²) in [5, 5.41) is 2.73. The third kappa shape index (κ3) is 6.76. The van der Waals surface area contributed by atoms with Crippen LogP contribution >= 0.6 is 11.3 Å². The van der Waals surface area contributed by atoms with E-state index in [0.717, 1.165) is 6.42 Å². The van der Waals surface area contributed by atoms with Gasteiger partial charge in [-0.2, -0.15) is 0 Å². The van der Waals surface area contributed by atoms with E-state index in [2.05, 4.69) is 223 Å². The van der Waals surface area contributed by atoms with Crippen LogP contribution < -0.4 is 26.2 Å². The summed E-state index contributed by atoms with van der Waals surface area (Å²) in [5.74, 6) is 0. The van der Waals surface area contributed by atoms with Crippen LogP contribution in [0.4, 0.5) is 33.4 Å². The Morgan fingerprint density at radius 2 is 1.10 bits per heavy atom. The third-order valence-electron chi connectivity index (χ3n) is 16.9. The molecule has 0 atom stereocenters. The molecule has 0 saturated carbocycles. The molecular weight excluding hydrogens is 828 g/mol. The van der Waals surface area contributed by atoms with Crippen molar-refractivity contribution in [3.05, 3.63) is 148 Å². The van der Waals surface area contributed by atoms with Crippen molar-refractivity contribution in [3.63, 3.8) is 0 Å². The van der Waals surface area contributed by atoms with Gasteiger partial charge in [-0.15, -0.1) is 11.3 Å². The number of hydrogen-bond donors (Lipinski definition) is 0. The Morgan fingerprint density at radius 3 is 1.78 bits per heavy atom. The van der Waals surface area contributed by atoms with Gasteiger partial charge in [-0.1, -0.05) is 164 Å². The molecule has 4 aliphatic rings. The van der Waals surface area contributed by atoms with Crippen LogP contribution in [0.3, 0.4) is 0 Å². The fourth-order valence-electron chi connectivity index (χ4n) is 12.6. The SMILES string of the molecule is Cc1cc2c3c(c1)N(c1ccc4c(c1)C(C)(C)CCC4(C)C)c1c(ccc4c1C(C)(C)CCC4(C)C)B3c1c(sc3ccc(C(C)(C)C)cc13)N2c1ccc(C(C)(C)C)cc1-c1ccccc1. The first kappa shape index (κ1) is 44.5. The molecule has 2 aliphatic carbocycles. The van der Waals surface area contributed by atoms with Crippen LogP contribution in [0.25, 0.3) is 21.2 Å². The molecule has 0 saturated heterocycles. The average Bonchev–Trinajstić information content (AvgIpc) is 3.64. The van der Waals surface area contributed by atoms with Crippen molar-refractivity contribution in [2.75, 3.05) is 9.80 Å². The molecule has 4 heteroatoms. The molecule has 0 fully saturated rings. The number of aryl methyl sites for hydroxylation is 1. The second kappa shape index (κ2) is 14.5. The lowest BCUT2D eigenvalue weighted by molar-refractivity contribution is 0.331. The molecule has 0 amide bonds. The number of anilines is 6. The van der Waals surface area contributed by atoms with E-state index in [4.69, 9.17) is 0 Å². The van der Waals surface area contributed by atoms with Crippen LogP contribution in [-0.4, -0.2) is 6.71 Å². The van der Waals surface area contributed by atoms with Gasteiger partial charge < -0.3 is 9.80 Å². The number of thiophene rings is 1. The van der Waals surface area contributed by atoms with Crippen LogP contribution in [-0.2, 0) is 32.5 Å². The lowest BCUT2D eigenvalue weighted by Gasteiger charge is -2.49. The maximum atomic E-state index is 2.77. The van der Waals surface area contributed by atoms with E-state index < -0.39 is 0 Å². The van der Waals surface area contributed by atoms with E-state index in [1.165, 1.54) is 129 Å². The van der Waals surface area contributed by atoms with Crippen molar-refractivity contribution in [1.29, 1.82) is 0 Å². The fraction of sp³-hybridized carbons (Fsp3) is 0.397. The lowest BCUT2D eigenvalue weighted by Crippen LogP contribution is -2.61. The summed E-state index contributed by atoms with van der Waals surface area (Å²) in [7, 11) is 0. The second-order valence-corrected chi connectivity index (χ2v) is 26.7. The van der Waals surface area contributed by atoms with Gasteiger partial charge in [0.1, 0.15) is 0 Å². The highest BCUT2D eigenvalue weighted by Crippen LogP contribution is 2.56.